The number of aryl methyl sites for hydroxylation is 1. The Kier molecular flexibility index (Phi) is 6.76. The van der Waals surface area contributed by atoms with Crippen LogP contribution >= 0.6 is 0 Å². The number of carbonyl (C=O) groups excluding carboxylic acids is 1. The highest BCUT2D eigenvalue weighted by molar-refractivity contribution is 5.80. The number of halogens is 3. The van der Waals surface area contributed by atoms with Gasteiger partial charge in [0.15, 0.2) is 6.61 Å². The molecular formula is C23H21F3O6. The molecule has 0 amide bonds. The molecule has 0 spiro atoms. The lowest BCUT2D eigenvalue weighted by atomic mass is 10.2. The van der Waals surface area contributed by atoms with Crippen molar-refractivity contribution in [2.24, 2.45) is 0 Å². The summed E-state index contributed by atoms with van der Waals surface area (Å²) in [5.74, 6) is -3.04. The lowest BCUT2D eigenvalue weighted by molar-refractivity contribution is -0.154. The number of esters is 1. The Morgan fingerprint density at radius 1 is 1.09 bits per heavy atom. The van der Waals surface area contributed by atoms with Crippen LogP contribution in [-0.2, 0) is 15.7 Å². The molecule has 0 bridgehead atoms. The molecule has 170 valence electrons. The third-order valence-electron chi connectivity index (χ3n) is 4.58. The maximum Gasteiger partial charge on any atom is 0.453 e. The highest BCUT2D eigenvalue weighted by Gasteiger charge is 2.40. The van der Waals surface area contributed by atoms with Crippen LogP contribution in [0.15, 0.2) is 51.7 Å². The number of alkyl halides is 3. The molecule has 1 heterocycles. The first kappa shape index (κ1) is 23.2. The Morgan fingerprint density at radius 2 is 1.75 bits per heavy atom. The van der Waals surface area contributed by atoms with Crippen LogP contribution in [0.5, 0.6) is 17.2 Å². The molecule has 0 aliphatic carbocycles. The van der Waals surface area contributed by atoms with Crippen molar-refractivity contribution in [1.29, 1.82) is 0 Å². The fourth-order valence-electron chi connectivity index (χ4n) is 2.73. The second-order valence-corrected chi connectivity index (χ2v) is 7.16. The first-order valence-electron chi connectivity index (χ1n) is 9.83. The summed E-state index contributed by atoms with van der Waals surface area (Å²) in [4.78, 5) is 24.5. The minimum Gasteiger partial charge on any atom is -0.482 e. The Labute approximate surface area is 181 Å². The molecule has 6 nitrogen and oxygen atoms in total. The van der Waals surface area contributed by atoms with E-state index >= 15 is 0 Å². The zero-order valence-corrected chi connectivity index (χ0v) is 17.6. The van der Waals surface area contributed by atoms with Gasteiger partial charge in [-0.15, -0.1) is 0 Å². The van der Waals surface area contributed by atoms with Gasteiger partial charge in [-0.05, 0) is 44.5 Å². The fraction of sp³-hybridized carbons (Fsp3) is 0.304. The number of fused-ring (bicyclic) bond motifs is 1. The van der Waals surface area contributed by atoms with Crippen molar-refractivity contribution in [3.05, 3.63) is 64.0 Å². The molecule has 1 atom stereocenters. The molecule has 3 rings (SSSR count). The van der Waals surface area contributed by atoms with Crippen molar-refractivity contribution < 1.29 is 36.6 Å². The van der Waals surface area contributed by atoms with Gasteiger partial charge in [-0.3, -0.25) is 4.79 Å². The fourth-order valence-corrected chi connectivity index (χ4v) is 2.73. The smallest absolute Gasteiger partial charge is 0.453 e. The van der Waals surface area contributed by atoms with Gasteiger partial charge in [0.25, 0.3) is 5.76 Å². The Hall–Kier alpha value is -3.49. The summed E-state index contributed by atoms with van der Waals surface area (Å²) in [5.41, 5.74) is -0.465. The van der Waals surface area contributed by atoms with Gasteiger partial charge in [0.1, 0.15) is 17.1 Å². The maximum atomic E-state index is 13.6. The normalized spacial score (nSPS) is 12.4. The van der Waals surface area contributed by atoms with Crippen LogP contribution in [0.3, 0.4) is 0 Å². The van der Waals surface area contributed by atoms with E-state index in [0.717, 1.165) is 11.6 Å². The van der Waals surface area contributed by atoms with E-state index in [1.807, 2.05) is 6.92 Å². The van der Waals surface area contributed by atoms with E-state index in [0.29, 0.717) is 6.42 Å². The van der Waals surface area contributed by atoms with Gasteiger partial charge in [0.05, 0.1) is 11.5 Å². The van der Waals surface area contributed by atoms with Gasteiger partial charge >= 0.3 is 12.1 Å². The zero-order valence-electron chi connectivity index (χ0n) is 17.6. The van der Waals surface area contributed by atoms with Crippen molar-refractivity contribution >= 4 is 16.9 Å². The van der Waals surface area contributed by atoms with E-state index in [-0.39, 0.29) is 28.6 Å². The van der Waals surface area contributed by atoms with Crippen LogP contribution in [0.25, 0.3) is 11.0 Å². The van der Waals surface area contributed by atoms with Crippen molar-refractivity contribution in [3.8, 4) is 17.2 Å². The second kappa shape index (κ2) is 9.33. The SMILES string of the molecule is CCC(C)OC(=O)COc1ccc2c(=O)c(Oc3ccc(C)cc3)c(C(F)(F)F)oc2c1. The van der Waals surface area contributed by atoms with Gasteiger partial charge in [-0.25, -0.2) is 4.79 Å². The summed E-state index contributed by atoms with van der Waals surface area (Å²) in [7, 11) is 0. The zero-order chi connectivity index (χ0) is 23.5. The molecule has 0 saturated heterocycles. The third-order valence-corrected chi connectivity index (χ3v) is 4.58. The summed E-state index contributed by atoms with van der Waals surface area (Å²) in [5, 5.41) is -0.130. The largest absolute Gasteiger partial charge is 0.482 e. The monoisotopic (exact) mass is 450 g/mol. The van der Waals surface area contributed by atoms with Gasteiger partial charge in [0.2, 0.25) is 11.2 Å². The lowest BCUT2D eigenvalue weighted by Gasteiger charge is -2.14. The molecular weight excluding hydrogens is 429 g/mol. The Bertz CT molecular complexity index is 1170. The third kappa shape index (κ3) is 5.40. The molecule has 2 aromatic carbocycles. The molecule has 0 aliphatic heterocycles. The van der Waals surface area contributed by atoms with Crippen LogP contribution in [0.2, 0.25) is 0 Å². The molecule has 0 N–H and O–H groups in total. The van der Waals surface area contributed by atoms with E-state index in [2.05, 4.69) is 0 Å². The molecule has 9 heteroatoms. The average molecular weight is 450 g/mol. The summed E-state index contributed by atoms with van der Waals surface area (Å²) in [6.07, 6.45) is -4.65. The Morgan fingerprint density at radius 3 is 2.38 bits per heavy atom. The van der Waals surface area contributed by atoms with Crippen LogP contribution in [0.1, 0.15) is 31.6 Å². The molecule has 3 aromatic rings. The molecule has 1 unspecified atom stereocenters. The molecule has 1 aromatic heterocycles. The van der Waals surface area contributed by atoms with Crippen LogP contribution in [0.4, 0.5) is 13.2 Å². The van der Waals surface area contributed by atoms with Crippen molar-refractivity contribution in [2.45, 2.75) is 39.5 Å². The molecule has 0 saturated carbocycles. The van der Waals surface area contributed by atoms with Gasteiger partial charge < -0.3 is 18.6 Å². The van der Waals surface area contributed by atoms with E-state index in [1.165, 1.54) is 24.3 Å². The van der Waals surface area contributed by atoms with Gasteiger partial charge in [-0.2, -0.15) is 13.2 Å². The quantitative estimate of drug-likeness (QED) is 0.434. The standard InChI is InChI=1S/C23H21F3O6/c1-4-14(3)30-19(27)12-29-16-9-10-17-18(11-16)32-22(23(24,25)26)21(20(17)28)31-15-7-5-13(2)6-8-15/h5-11,14H,4,12H2,1-3H3. The average Bonchev–Trinajstić information content (AvgIpc) is 2.74. The van der Waals surface area contributed by atoms with Crippen LogP contribution < -0.4 is 14.9 Å². The number of benzene rings is 2. The minimum absolute atomic E-state index is 0.0436. The van der Waals surface area contributed by atoms with Gasteiger partial charge in [0, 0.05) is 6.07 Å². The van der Waals surface area contributed by atoms with Crippen molar-refractivity contribution in [3.63, 3.8) is 0 Å². The Balaban J connectivity index is 1.95. The molecule has 0 radical (unpaired) electrons. The van der Waals surface area contributed by atoms with E-state index in [4.69, 9.17) is 18.6 Å². The predicted octanol–water partition coefficient (Wildman–Crippen LogP) is 5.63. The number of hydrogen-bond acceptors (Lipinski definition) is 6. The molecule has 32 heavy (non-hydrogen) atoms. The first-order chi connectivity index (χ1) is 15.1. The number of ether oxygens (including phenoxy) is 3. The summed E-state index contributed by atoms with van der Waals surface area (Å²) >= 11 is 0. The number of hydrogen-bond donors (Lipinski definition) is 0. The molecule has 0 fully saturated rings. The van der Waals surface area contributed by atoms with Crippen LogP contribution in [0, 0.1) is 6.92 Å². The summed E-state index contributed by atoms with van der Waals surface area (Å²) in [6.45, 7) is 4.93. The van der Waals surface area contributed by atoms with Crippen molar-refractivity contribution in [1.82, 2.24) is 0 Å². The summed E-state index contributed by atoms with van der Waals surface area (Å²) in [6, 6.07) is 9.89. The van der Waals surface area contributed by atoms with Crippen LogP contribution in [-0.4, -0.2) is 18.7 Å². The first-order valence-corrected chi connectivity index (χ1v) is 9.83. The van der Waals surface area contributed by atoms with E-state index in [9.17, 15) is 22.8 Å². The number of carbonyl (C=O) groups is 1. The second-order valence-electron chi connectivity index (χ2n) is 7.16. The highest BCUT2D eigenvalue weighted by Crippen LogP contribution is 2.38. The maximum absolute atomic E-state index is 13.6. The van der Waals surface area contributed by atoms with Gasteiger partial charge in [-0.1, -0.05) is 24.6 Å². The van der Waals surface area contributed by atoms with Crippen molar-refractivity contribution in [2.75, 3.05) is 6.61 Å². The summed E-state index contributed by atoms with van der Waals surface area (Å²) < 4.78 is 61.5. The van der Waals surface area contributed by atoms with E-state index in [1.54, 1.807) is 26.0 Å². The minimum atomic E-state index is -4.98. The van der Waals surface area contributed by atoms with E-state index < -0.39 is 35.7 Å². The highest BCUT2D eigenvalue weighted by atomic mass is 19.4. The molecule has 0 aliphatic rings. The number of rotatable bonds is 7. The predicted molar refractivity (Wildman–Crippen MR) is 110 cm³/mol. The lowest BCUT2D eigenvalue weighted by Crippen LogP contribution is -2.20. The topological polar surface area (TPSA) is 75.0 Å².